The van der Waals surface area contributed by atoms with Crippen molar-refractivity contribution in [1.29, 1.82) is 0 Å². The second kappa shape index (κ2) is 5.35. The van der Waals surface area contributed by atoms with Crippen LogP contribution >= 0.6 is 23.1 Å². The van der Waals surface area contributed by atoms with Gasteiger partial charge in [-0.3, -0.25) is 0 Å². The highest BCUT2D eigenvalue weighted by Crippen LogP contribution is 2.65. The zero-order valence-corrected chi connectivity index (χ0v) is 15.1. The normalized spacial score (nSPS) is 13.7. The predicted molar refractivity (Wildman–Crippen MR) is 86.8 cm³/mol. The third-order valence-corrected chi connectivity index (χ3v) is 9.01. The molecule has 4 heteroatoms. The molecule has 0 radical (unpaired) electrons. The van der Waals surface area contributed by atoms with Gasteiger partial charge in [0.25, 0.3) is 0 Å². The van der Waals surface area contributed by atoms with Crippen LogP contribution in [-0.2, 0) is 11.2 Å². The van der Waals surface area contributed by atoms with Crippen LogP contribution < -0.4 is 5.30 Å². The van der Waals surface area contributed by atoms with Gasteiger partial charge in [-0.25, -0.2) is 0 Å². The minimum atomic E-state index is -2.63. The quantitative estimate of drug-likeness (QED) is 0.799. The van der Waals surface area contributed by atoms with Crippen molar-refractivity contribution in [2.45, 2.75) is 58.5 Å². The molecule has 1 aromatic rings. The van der Waals surface area contributed by atoms with E-state index in [4.69, 9.17) is 0 Å². The SMILES string of the molecule is CC(C)(C)P(=O)(c1ccc(Br)c(CO)c1)C(C)(C)C. The number of hydrogen-bond donors (Lipinski definition) is 1. The summed E-state index contributed by atoms with van der Waals surface area (Å²) in [5.41, 5.74) is 0.784. The lowest BCUT2D eigenvalue weighted by atomic mass is 10.2. The highest BCUT2D eigenvalue weighted by Gasteiger charge is 2.47. The van der Waals surface area contributed by atoms with Crippen LogP contribution in [0.1, 0.15) is 47.1 Å². The van der Waals surface area contributed by atoms with Gasteiger partial charge in [0.1, 0.15) is 7.14 Å². The van der Waals surface area contributed by atoms with Gasteiger partial charge in [-0.05, 0) is 17.7 Å². The molecule has 0 spiro atoms. The van der Waals surface area contributed by atoms with Crippen molar-refractivity contribution in [3.05, 3.63) is 28.2 Å². The number of benzene rings is 1. The summed E-state index contributed by atoms with van der Waals surface area (Å²) >= 11 is 3.41. The Hall–Kier alpha value is -0.110. The van der Waals surface area contributed by atoms with Crippen LogP contribution in [0.25, 0.3) is 0 Å². The highest BCUT2D eigenvalue weighted by atomic mass is 79.9. The first-order valence-electron chi connectivity index (χ1n) is 6.45. The van der Waals surface area contributed by atoms with Gasteiger partial charge >= 0.3 is 0 Å². The third kappa shape index (κ3) is 2.99. The molecule has 0 bridgehead atoms. The zero-order chi connectivity index (χ0) is 15.1. The Labute approximate surface area is 125 Å². The minimum Gasteiger partial charge on any atom is -0.392 e. The standard InChI is InChI=1S/C15H24BrO2P/c1-14(2,3)19(18,15(4,5)6)12-7-8-13(16)11(9-12)10-17/h7-9,17H,10H2,1-6H3. The molecule has 0 saturated heterocycles. The maximum absolute atomic E-state index is 13.7. The van der Waals surface area contributed by atoms with E-state index >= 15 is 0 Å². The Morgan fingerprint density at radius 3 is 1.95 bits per heavy atom. The van der Waals surface area contributed by atoms with Crippen LogP contribution in [0.15, 0.2) is 22.7 Å². The molecule has 1 aromatic carbocycles. The van der Waals surface area contributed by atoms with Gasteiger partial charge in [0.15, 0.2) is 0 Å². The van der Waals surface area contributed by atoms with Crippen molar-refractivity contribution >= 4 is 28.4 Å². The van der Waals surface area contributed by atoms with E-state index in [0.717, 1.165) is 15.3 Å². The molecule has 0 heterocycles. The van der Waals surface area contributed by atoms with Crippen LogP contribution in [0.3, 0.4) is 0 Å². The fourth-order valence-electron chi connectivity index (χ4n) is 2.66. The van der Waals surface area contributed by atoms with Gasteiger partial charge in [-0.2, -0.15) is 0 Å². The lowest BCUT2D eigenvalue weighted by molar-refractivity contribution is 0.281. The minimum absolute atomic E-state index is 0.0529. The molecule has 0 aliphatic rings. The maximum Gasteiger partial charge on any atom is 0.125 e. The molecule has 108 valence electrons. The number of aliphatic hydroxyl groups is 1. The van der Waals surface area contributed by atoms with E-state index in [9.17, 15) is 9.67 Å². The Balaban J connectivity index is 3.57. The second-order valence-electron chi connectivity index (χ2n) is 6.88. The molecule has 1 N–H and O–H groups in total. The molecular weight excluding hydrogens is 323 g/mol. The smallest absolute Gasteiger partial charge is 0.125 e. The molecule has 0 aliphatic carbocycles. The molecule has 19 heavy (non-hydrogen) atoms. The van der Waals surface area contributed by atoms with E-state index in [0.29, 0.717) is 0 Å². The molecule has 0 fully saturated rings. The Morgan fingerprint density at radius 1 is 1.11 bits per heavy atom. The summed E-state index contributed by atoms with van der Waals surface area (Å²) in [5.74, 6) is 0. The number of rotatable bonds is 2. The molecule has 0 amide bonds. The average Bonchev–Trinajstić information content (AvgIpc) is 2.25. The van der Waals surface area contributed by atoms with Crippen molar-refractivity contribution in [1.82, 2.24) is 0 Å². The van der Waals surface area contributed by atoms with Gasteiger partial charge in [0.2, 0.25) is 0 Å². The Bertz CT molecular complexity index is 492. The first-order chi connectivity index (χ1) is 8.45. The highest BCUT2D eigenvalue weighted by molar-refractivity contribution is 9.10. The predicted octanol–water partition coefficient (Wildman–Crippen LogP) is 4.53. The number of halogens is 1. The van der Waals surface area contributed by atoms with Crippen LogP contribution in [-0.4, -0.2) is 15.4 Å². The van der Waals surface area contributed by atoms with E-state index in [1.165, 1.54) is 0 Å². The van der Waals surface area contributed by atoms with Gasteiger partial charge in [0, 0.05) is 20.1 Å². The van der Waals surface area contributed by atoms with Gasteiger partial charge < -0.3 is 9.67 Å². The Kier molecular flexibility index (Phi) is 4.77. The van der Waals surface area contributed by atoms with Gasteiger partial charge in [-0.1, -0.05) is 63.5 Å². The summed E-state index contributed by atoms with van der Waals surface area (Å²) in [4.78, 5) is 0. The third-order valence-electron chi connectivity index (χ3n) is 3.45. The first-order valence-corrected chi connectivity index (χ1v) is 8.95. The van der Waals surface area contributed by atoms with E-state index in [-0.39, 0.29) is 16.9 Å². The summed E-state index contributed by atoms with van der Waals surface area (Å²) in [7, 11) is -2.63. The molecule has 0 aromatic heterocycles. The molecule has 0 unspecified atom stereocenters. The van der Waals surface area contributed by atoms with Crippen molar-refractivity contribution in [3.8, 4) is 0 Å². The lowest BCUT2D eigenvalue weighted by Crippen LogP contribution is -2.35. The lowest BCUT2D eigenvalue weighted by Gasteiger charge is -2.41. The second-order valence-corrected chi connectivity index (χ2v) is 12.2. The number of hydrogen-bond acceptors (Lipinski definition) is 2. The van der Waals surface area contributed by atoms with Crippen LogP contribution in [0, 0.1) is 0 Å². The van der Waals surface area contributed by atoms with Crippen LogP contribution in [0.4, 0.5) is 0 Å². The van der Waals surface area contributed by atoms with Crippen molar-refractivity contribution in [2.24, 2.45) is 0 Å². The van der Waals surface area contributed by atoms with Crippen LogP contribution in [0.5, 0.6) is 0 Å². The largest absolute Gasteiger partial charge is 0.392 e. The fourth-order valence-corrected chi connectivity index (χ4v) is 7.21. The van der Waals surface area contributed by atoms with E-state index in [1.807, 2.05) is 59.7 Å². The summed E-state index contributed by atoms with van der Waals surface area (Å²) < 4.78 is 14.6. The van der Waals surface area contributed by atoms with Crippen molar-refractivity contribution in [2.75, 3.05) is 0 Å². The topological polar surface area (TPSA) is 37.3 Å². The molecule has 0 aliphatic heterocycles. The van der Waals surface area contributed by atoms with Gasteiger partial charge in [0.05, 0.1) is 6.61 Å². The maximum atomic E-state index is 13.7. The summed E-state index contributed by atoms with van der Waals surface area (Å²) in [6.07, 6.45) is 0. The number of aliphatic hydroxyl groups excluding tert-OH is 1. The summed E-state index contributed by atoms with van der Waals surface area (Å²) in [6, 6.07) is 5.67. The Morgan fingerprint density at radius 2 is 1.58 bits per heavy atom. The van der Waals surface area contributed by atoms with Crippen molar-refractivity contribution in [3.63, 3.8) is 0 Å². The molecule has 0 atom stereocenters. The summed E-state index contributed by atoms with van der Waals surface area (Å²) in [5, 5.41) is 9.61. The molecule has 2 nitrogen and oxygen atoms in total. The van der Waals surface area contributed by atoms with E-state index in [1.54, 1.807) is 0 Å². The summed E-state index contributed by atoms with van der Waals surface area (Å²) in [6.45, 7) is 12.1. The monoisotopic (exact) mass is 346 g/mol. The molecular formula is C15H24BrO2P. The molecule has 0 saturated carbocycles. The van der Waals surface area contributed by atoms with E-state index in [2.05, 4.69) is 15.9 Å². The van der Waals surface area contributed by atoms with Crippen LogP contribution in [0.2, 0.25) is 0 Å². The molecule has 1 rings (SSSR count). The first kappa shape index (κ1) is 16.9. The van der Waals surface area contributed by atoms with E-state index < -0.39 is 7.14 Å². The van der Waals surface area contributed by atoms with Crippen molar-refractivity contribution < 1.29 is 9.67 Å². The average molecular weight is 347 g/mol. The zero-order valence-electron chi connectivity index (χ0n) is 12.6. The fraction of sp³-hybridized carbons (Fsp3) is 0.600. The van der Waals surface area contributed by atoms with Gasteiger partial charge in [-0.15, -0.1) is 0 Å².